The van der Waals surface area contributed by atoms with E-state index in [2.05, 4.69) is 0 Å². The van der Waals surface area contributed by atoms with Crippen LogP contribution in [0.4, 0.5) is 0 Å². The first kappa shape index (κ1) is 16.1. The van der Waals surface area contributed by atoms with Crippen molar-refractivity contribution < 1.29 is 14.3 Å². The van der Waals surface area contributed by atoms with E-state index < -0.39 is 6.04 Å². The van der Waals surface area contributed by atoms with Crippen LogP contribution in [0.3, 0.4) is 0 Å². The molecule has 1 aliphatic rings. The van der Waals surface area contributed by atoms with Crippen LogP contribution in [0.5, 0.6) is 0 Å². The zero-order valence-electron chi connectivity index (χ0n) is 10.2. The van der Waals surface area contributed by atoms with Crippen LogP contribution in [0, 0.1) is 0 Å². The molecule has 1 aliphatic heterocycles. The molecular weight excluding hydrogens is 246 g/mol. The molecule has 2 amide bonds. The van der Waals surface area contributed by atoms with E-state index in [1.807, 2.05) is 0 Å². The van der Waals surface area contributed by atoms with Gasteiger partial charge in [-0.3, -0.25) is 9.59 Å². The summed E-state index contributed by atoms with van der Waals surface area (Å²) in [5, 5.41) is 0. The Morgan fingerprint density at radius 2 is 1.94 bits per heavy atom. The zero-order chi connectivity index (χ0) is 12.1. The fourth-order valence-corrected chi connectivity index (χ4v) is 1.54. The highest BCUT2D eigenvalue weighted by Crippen LogP contribution is 1.99. The Bertz CT molecular complexity index is 268. The Balaban J connectivity index is 0.00000256. The molecule has 0 aliphatic carbocycles. The summed E-state index contributed by atoms with van der Waals surface area (Å²) in [6.45, 7) is 4.02. The lowest BCUT2D eigenvalue weighted by Crippen LogP contribution is -2.48. The third-order valence-corrected chi connectivity index (χ3v) is 2.50. The van der Waals surface area contributed by atoms with Crippen LogP contribution in [-0.2, 0) is 14.3 Å². The van der Waals surface area contributed by atoms with Gasteiger partial charge in [0, 0.05) is 20.1 Å². The lowest BCUT2D eigenvalue weighted by molar-refractivity contribution is -0.142. The highest BCUT2D eigenvalue weighted by atomic mass is 35.5. The van der Waals surface area contributed by atoms with Gasteiger partial charge in [0.1, 0.15) is 0 Å². The van der Waals surface area contributed by atoms with E-state index in [1.165, 1.54) is 4.90 Å². The summed E-state index contributed by atoms with van der Waals surface area (Å²) in [6.07, 6.45) is 0. The van der Waals surface area contributed by atoms with Crippen molar-refractivity contribution in [3.05, 3.63) is 0 Å². The summed E-state index contributed by atoms with van der Waals surface area (Å²) in [4.78, 5) is 26.3. The zero-order valence-corrected chi connectivity index (χ0v) is 11.0. The molecule has 2 N–H and O–H groups in total. The van der Waals surface area contributed by atoms with Crippen molar-refractivity contribution in [3.63, 3.8) is 0 Å². The molecule has 1 heterocycles. The Hall–Kier alpha value is -0.850. The Morgan fingerprint density at radius 1 is 1.41 bits per heavy atom. The number of nitrogens with two attached hydrogens (primary N) is 1. The van der Waals surface area contributed by atoms with Crippen molar-refractivity contribution in [1.29, 1.82) is 0 Å². The highest BCUT2D eigenvalue weighted by molar-refractivity contribution is 5.87. The van der Waals surface area contributed by atoms with Gasteiger partial charge in [-0.25, -0.2) is 0 Å². The minimum absolute atomic E-state index is 0. The van der Waals surface area contributed by atoms with Gasteiger partial charge in [-0.1, -0.05) is 0 Å². The van der Waals surface area contributed by atoms with Crippen LogP contribution in [0.15, 0.2) is 0 Å². The van der Waals surface area contributed by atoms with Crippen LogP contribution in [-0.4, -0.2) is 67.6 Å². The smallest absolute Gasteiger partial charge is 0.242 e. The van der Waals surface area contributed by atoms with Crippen molar-refractivity contribution in [2.24, 2.45) is 5.73 Å². The molecule has 100 valence electrons. The SMILES string of the molecule is C[C@@H](N)C(=O)N(C)CC(=O)N1CCOCC1.Cl. The van der Waals surface area contributed by atoms with Gasteiger partial charge in [0.25, 0.3) is 0 Å². The molecule has 0 saturated carbocycles. The van der Waals surface area contributed by atoms with Gasteiger partial charge >= 0.3 is 0 Å². The molecule has 0 aromatic rings. The number of rotatable bonds is 3. The van der Waals surface area contributed by atoms with Gasteiger partial charge in [-0.2, -0.15) is 0 Å². The van der Waals surface area contributed by atoms with Crippen molar-refractivity contribution in [2.75, 3.05) is 39.9 Å². The molecule has 1 atom stereocenters. The summed E-state index contributed by atoms with van der Waals surface area (Å²) < 4.78 is 5.15. The maximum Gasteiger partial charge on any atom is 0.242 e. The van der Waals surface area contributed by atoms with E-state index in [1.54, 1.807) is 18.9 Å². The number of morpholine rings is 1. The molecule has 0 aromatic carbocycles. The van der Waals surface area contributed by atoms with Crippen molar-refractivity contribution in [3.8, 4) is 0 Å². The van der Waals surface area contributed by atoms with Crippen LogP contribution in [0.25, 0.3) is 0 Å². The number of hydrogen-bond acceptors (Lipinski definition) is 4. The fourth-order valence-electron chi connectivity index (χ4n) is 1.54. The molecule has 0 unspecified atom stereocenters. The lowest BCUT2D eigenvalue weighted by Gasteiger charge is -2.29. The number of amides is 2. The van der Waals surface area contributed by atoms with Gasteiger partial charge in [0.15, 0.2) is 0 Å². The number of likely N-dealkylation sites (N-methyl/N-ethyl adjacent to an activating group) is 1. The van der Waals surface area contributed by atoms with Crippen LogP contribution < -0.4 is 5.73 Å². The molecule has 0 aromatic heterocycles. The third-order valence-electron chi connectivity index (χ3n) is 2.50. The van der Waals surface area contributed by atoms with Crippen LogP contribution >= 0.6 is 12.4 Å². The first-order chi connectivity index (χ1) is 7.52. The summed E-state index contributed by atoms with van der Waals surface area (Å²) in [5.74, 6) is -0.276. The minimum atomic E-state index is -0.567. The van der Waals surface area contributed by atoms with Crippen LogP contribution in [0.2, 0.25) is 0 Å². The van der Waals surface area contributed by atoms with E-state index in [0.717, 1.165) is 0 Å². The molecule has 0 radical (unpaired) electrons. The minimum Gasteiger partial charge on any atom is -0.378 e. The molecule has 17 heavy (non-hydrogen) atoms. The summed E-state index contributed by atoms with van der Waals surface area (Å²) in [5.41, 5.74) is 5.45. The molecule has 6 nitrogen and oxygen atoms in total. The second-order valence-electron chi connectivity index (χ2n) is 3.98. The number of carbonyl (C=O) groups excluding carboxylic acids is 2. The summed E-state index contributed by atoms with van der Waals surface area (Å²) >= 11 is 0. The van der Waals surface area contributed by atoms with E-state index in [9.17, 15) is 9.59 Å². The first-order valence-corrected chi connectivity index (χ1v) is 5.38. The Kier molecular flexibility index (Phi) is 7.10. The molecular formula is C10H20ClN3O3. The van der Waals surface area contributed by atoms with Gasteiger partial charge in [0.05, 0.1) is 25.8 Å². The van der Waals surface area contributed by atoms with Crippen molar-refractivity contribution in [1.82, 2.24) is 9.80 Å². The Morgan fingerprint density at radius 3 is 2.41 bits per heavy atom. The second kappa shape index (κ2) is 7.47. The topological polar surface area (TPSA) is 75.9 Å². The largest absolute Gasteiger partial charge is 0.378 e. The van der Waals surface area contributed by atoms with Gasteiger partial charge in [0.2, 0.25) is 11.8 Å². The lowest BCUT2D eigenvalue weighted by atomic mass is 10.3. The van der Waals surface area contributed by atoms with Gasteiger partial charge < -0.3 is 20.3 Å². The third kappa shape index (κ3) is 4.89. The standard InChI is InChI=1S/C10H19N3O3.ClH/c1-8(11)10(15)12(2)7-9(14)13-3-5-16-6-4-13;/h8H,3-7,11H2,1-2H3;1H/t8-;/m1./s1. The predicted molar refractivity (Wildman–Crippen MR) is 65.9 cm³/mol. The predicted octanol–water partition coefficient (Wildman–Crippen LogP) is -0.927. The molecule has 0 spiro atoms. The van der Waals surface area contributed by atoms with E-state index >= 15 is 0 Å². The molecule has 0 bridgehead atoms. The fraction of sp³-hybridized carbons (Fsp3) is 0.800. The first-order valence-electron chi connectivity index (χ1n) is 5.38. The average Bonchev–Trinajstić information content (AvgIpc) is 2.28. The van der Waals surface area contributed by atoms with Gasteiger partial charge in [-0.05, 0) is 6.92 Å². The maximum atomic E-state index is 11.8. The van der Waals surface area contributed by atoms with E-state index in [0.29, 0.717) is 26.3 Å². The normalized spacial score (nSPS) is 17.0. The Labute approximate surface area is 107 Å². The van der Waals surface area contributed by atoms with Crippen molar-refractivity contribution >= 4 is 24.2 Å². The number of ether oxygens (including phenoxy) is 1. The monoisotopic (exact) mass is 265 g/mol. The average molecular weight is 266 g/mol. The maximum absolute atomic E-state index is 11.8. The summed E-state index contributed by atoms with van der Waals surface area (Å²) in [7, 11) is 1.59. The quantitative estimate of drug-likeness (QED) is 0.716. The second-order valence-corrected chi connectivity index (χ2v) is 3.98. The number of hydrogen-bond donors (Lipinski definition) is 1. The van der Waals surface area contributed by atoms with E-state index in [4.69, 9.17) is 10.5 Å². The van der Waals surface area contributed by atoms with Gasteiger partial charge in [-0.15, -0.1) is 12.4 Å². The molecule has 1 saturated heterocycles. The molecule has 1 rings (SSSR count). The summed E-state index contributed by atoms with van der Waals surface area (Å²) in [6, 6.07) is -0.567. The molecule has 7 heteroatoms. The number of nitrogens with zero attached hydrogens (tertiary/aromatic N) is 2. The van der Waals surface area contributed by atoms with Crippen LogP contribution in [0.1, 0.15) is 6.92 Å². The number of carbonyl (C=O) groups is 2. The highest BCUT2D eigenvalue weighted by Gasteiger charge is 2.21. The van der Waals surface area contributed by atoms with Crippen molar-refractivity contribution in [2.45, 2.75) is 13.0 Å². The number of halogens is 1. The van der Waals surface area contributed by atoms with E-state index in [-0.39, 0.29) is 30.8 Å². The molecule has 1 fully saturated rings.